The monoisotopic (exact) mass is 406 g/mol. The van der Waals surface area contributed by atoms with E-state index in [1.165, 1.54) is 0 Å². The van der Waals surface area contributed by atoms with Crippen LogP contribution in [0, 0.1) is 22.9 Å². The first-order chi connectivity index (χ1) is 14.7. The lowest BCUT2D eigenvalue weighted by atomic mass is 9.97. The topological polar surface area (TPSA) is 64.3 Å². The van der Waals surface area contributed by atoms with Crippen LogP contribution in [0.1, 0.15) is 11.1 Å². The van der Waals surface area contributed by atoms with Gasteiger partial charge in [0.2, 0.25) is 0 Å². The molecule has 1 N–H and O–H groups in total. The van der Waals surface area contributed by atoms with Gasteiger partial charge in [0.05, 0.1) is 16.9 Å². The number of nitrogens with one attached hydrogen (secondary N) is 1. The summed E-state index contributed by atoms with van der Waals surface area (Å²) in [5, 5.41) is 18.9. The summed E-state index contributed by atoms with van der Waals surface area (Å²) in [7, 11) is 0. The SMILES string of the molecule is Cc1ccc(N=Nc2c(-c3ccccc3)[nH]c(=S)c(C#N)c2-c2ccccc2)cc1. The third-order valence-corrected chi connectivity index (χ3v) is 5.03. The Bertz CT molecular complexity index is 1300. The van der Waals surface area contributed by atoms with Crippen LogP contribution in [0.25, 0.3) is 22.4 Å². The van der Waals surface area contributed by atoms with Gasteiger partial charge in [0, 0.05) is 11.1 Å². The van der Waals surface area contributed by atoms with Crippen molar-refractivity contribution in [3.63, 3.8) is 0 Å². The molecule has 0 aliphatic rings. The van der Waals surface area contributed by atoms with Gasteiger partial charge in [-0.3, -0.25) is 0 Å². The summed E-state index contributed by atoms with van der Waals surface area (Å²) >= 11 is 5.53. The van der Waals surface area contributed by atoms with Crippen molar-refractivity contribution < 1.29 is 0 Å². The van der Waals surface area contributed by atoms with E-state index in [2.05, 4.69) is 21.3 Å². The number of azo groups is 1. The van der Waals surface area contributed by atoms with Gasteiger partial charge in [0.1, 0.15) is 16.4 Å². The van der Waals surface area contributed by atoms with E-state index in [1.807, 2.05) is 91.9 Å². The van der Waals surface area contributed by atoms with E-state index in [0.717, 1.165) is 28.1 Å². The van der Waals surface area contributed by atoms with E-state index < -0.39 is 0 Å². The molecule has 5 heteroatoms. The van der Waals surface area contributed by atoms with E-state index in [-0.39, 0.29) is 0 Å². The molecular weight excluding hydrogens is 388 g/mol. The number of hydrogen-bond acceptors (Lipinski definition) is 4. The fraction of sp³-hybridized carbons (Fsp3) is 0.0400. The Labute approximate surface area is 180 Å². The molecule has 30 heavy (non-hydrogen) atoms. The highest BCUT2D eigenvalue weighted by Crippen LogP contribution is 2.41. The molecule has 1 aromatic heterocycles. The summed E-state index contributed by atoms with van der Waals surface area (Å²) in [6.07, 6.45) is 0. The smallest absolute Gasteiger partial charge is 0.122 e. The fourth-order valence-electron chi connectivity index (χ4n) is 3.22. The third-order valence-electron chi connectivity index (χ3n) is 4.73. The lowest BCUT2D eigenvalue weighted by Crippen LogP contribution is -1.95. The Morgan fingerprint density at radius 2 is 1.40 bits per heavy atom. The summed E-state index contributed by atoms with van der Waals surface area (Å²) < 4.78 is 0.379. The normalized spacial score (nSPS) is 10.8. The predicted octanol–water partition coefficient (Wildman–Crippen LogP) is 7.67. The maximum atomic E-state index is 9.85. The van der Waals surface area contributed by atoms with Crippen LogP contribution in [-0.2, 0) is 0 Å². The van der Waals surface area contributed by atoms with Crippen LogP contribution in [0.3, 0.4) is 0 Å². The summed E-state index contributed by atoms with van der Waals surface area (Å²) in [6, 6.07) is 29.6. The molecule has 4 nitrogen and oxygen atoms in total. The van der Waals surface area contributed by atoms with E-state index >= 15 is 0 Å². The van der Waals surface area contributed by atoms with E-state index in [0.29, 0.717) is 21.5 Å². The molecular formula is C25H18N4S. The summed E-state index contributed by atoms with van der Waals surface area (Å²) in [4.78, 5) is 3.21. The number of hydrogen-bond donors (Lipinski definition) is 1. The number of aromatic amines is 1. The second kappa shape index (κ2) is 8.64. The highest BCUT2D eigenvalue weighted by atomic mass is 32.1. The van der Waals surface area contributed by atoms with Crippen molar-refractivity contribution in [2.24, 2.45) is 10.2 Å². The number of nitriles is 1. The molecule has 0 spiro atoms. The first-order valence-corrected chi connectivity index (χ1v) is 9.88. The second-order valence-corrected chi connectivity index (χ2v) is 7.22. The molecule has 0 bridgehead atoms. The van der Waals surface area contributed by atoms with Gasteiger partial charge in [0.25, 0.3) is 0 Å². The number of aryl methyl sites for hydroxylation is 1. The first-order valence-electron chi connectivity index (χ1n) is 9.47. The van der Waals surface area contributed by atoms with Gasteiger partial charge >= 0.3 is 0 Å². The Kier molecular flexibility index (Phi) is 5.60. The number of benzene rings is 3. The maximum absolute atomic E-state index is 9.85. The largest absolute Gasteiger partial charge is 0.343 e. The Balaban J connectivity index is 2.02. The van der Waals surface area contributed by atoms with Crippen molar-refractivity contribution >= 4 is 23.6 Å². The molecule has 0 aliphatic heterocycles. The van der Waals surface area contributed by atoms with Crippen LogP contribution in [0.5, 0.6) is 0 Å². The molecule has 1 heterocycles. The van der Waals surface area contributed by atoms with Crippen molar-refractivity contribution in [2.75, 3.05) is 0 Å². The molecule has 0 amide bonds. The van der Waals surface area contributed by atoms with Crippen LogP contribution in [0.4, 0.5) is 11.4 Å². The number of nitrogens with zero attached hydrogens (tertiary/aromatic N) is 3. The maximum Gasteiger partial charge on any atom is 0.122 e. The minimum atomic E-state index is 0.379. The molecule has 0 fully saturated rings. The first kappa shape index (κ1) is 19.4. The summed E-state index contributed by atoms with van der Waals surface area (Å²) in [6.45, 7) is 2.03. The third kappa shape index (κ3) is 3.95. The Hall–Kier alpha value is -3.88. The van der Waals surface area contributed by atoms with Crippen molar-refractivity contribution in [1.82, 2.24) is 4.98 Å². The van der Waals surface area contributed by atoms with Crippen molar-refractivity contribution in [1.29, 1.82) is 5.26 Å². The Morgan fingerprint density at radius 1 is 0.800 bits per heavy atom. The van der Waals surface area contributed by atoms with Crippen molar-refractivity contribution in [3.05, 3.63) is 101 Å². The van der Waals surface area contributed by atoms with Gasteiger partial charge < -0.3 is 4.98 Å². The van der Waals surface area contributed by atoms with Gasteiger partial charge in [-0.2, -0.15) is 10.4 Å². The lowest BCUT2D eigenvalue weighted by Gasteiger charge is -2.13. The number of aromatic nitrogens is 1. The van der Waals surface area contributed by atoms with E-state index in [1.54, 1.807) is 0 Å². The van der Waals surface area contributed by atoms with Gasteiger partial charge in [-0.1, -0.05) is 90.6 Å². The molecule has 3 aromatic carbocycles. The highest BCUT2D eigenvalue weighted by molar-refractivity contribution is 7.71. The van der Waals surface area contributed by atoms with Crippen LogP contribution in [0.2, 0.25) is 0 Å². The molecule has 0 aliphatic carbocycles. The van der Waals surface area contributed by atoms with Crippen molar-refractivity contribution in [2.45, 2.75) is 6.92 Å². The molecule has 4 rings (SSSR count). The Morgan fingerprint density at radius 3 is 2.00 bits per heavy atom. The van der Waals surface area contributed by atoms with Crippen LogP contribution < -0.4 is 0 Å². The van der Waals surface area contributed by atoms with Crippen LogP contribution in [-0.4, -0.2) is 4.98 Å². The van der Waals surface area contributed by atoms with Crippen molar-refractivity contribution in [3.8, 4) is 28.5 Å². The average molecular weight is 407 g/mol. The summed E-state index contributed by atoms with van der Waals surface area (Å²) in [5.41, 5.74) is 6.05. The number of H-pyrrole nitrogens is 1. The quantitative estimate of drug-likeness (QED) is 0.279. The van der Waals surface area contributed by atoms with Crippen LogP contribution >= 0.6 is 12.2 Å². The second-order valence-electron chi connectivity index (χ2n) is 6.81. The van der Waals surface area contributed by atoms with Gasteiger partial charge in [0.15, 0.2) is 0 Å². The highest BCUT2D eigenvalue weighted by Gasteiger charge is 2.19. The predicted molar refractivity (Wildman–Crippen MR) is 123 cm³/mol. The molecule has 0 unspecified atom stereocenters. The fourth-order valence-corrected chi connectivity index (χ4v) is 3.47. The minimum absolute atomic E-state index is 0.379. The zero-order valence-corrected chi connectivity index (χ0v) is 17.1. The lowest BCUT2D eigenvalue weighted by molar-refractivity contribution is 1.18. The van der Waals surface area contributed by atoms with E-state index in [4.69, 9.17) is 12.2 Å². The van der Waals surface area contributed by atoms with Gasteiger partial charge in [-0.15, -0.1) is 5.11 Å². The molecule has 4 aromatic rings. The minimum Gasteiger partial charge on any atom is -0.343 e. The van der Waals surface area contributed by atoms with Crippen LogP contribution in [0.15, 0.2) is 95.2 Å². The van der Waals surface area contributed by atoms with E-state index in [9.17, 15) is 5.26 Å². The molecule has 0 saturated heterocycles. The zero-order chi connectivity index (χ0) is 20.9. The standard InChI is InChI=1S/C25H18N4S/c1-17-12-14-20(15-13-17)28-29-24-22(18-8-4-2-5-9-18)21(16-26)25(30)27-23(24)19-10-6-3-7-11-19/h2-15H,1H3,(H,27,30). The molecule has 0 saturated carbocycles. The molecule has 0 atom stereocenters. The van der Waals surface area contributed by atoms with Gasteiger partial charge in [-0.05, 0) is 24.6 Å². The number of rotatable bonds is 4. The zero-order valence-electron chi connectivity index (χ0n) is 16.3. The number of pyridine rings is 1. The molecule has 0 radical (unpaired) electrons. The van der Waals surface area contributed by atoms with Gasteiger partial charge in [-0.25, -0.2) is 0 Å². The summed E-state index contributed by atoms with van der Waals surface area (Å²) in [5.74, 6) is 0. The molecule has 144 valence electrons. The average Bonchev–Trinajstić information content (AvgIpc) is 2.79.